The van der Waals surface area contributed by atoms with Crippen molar-refractivity contribution < 1.29 is 14.0 Å². The Morgan fingerprint density at radius 2 is 1.89 bits per heavy atom. The summed E-state index contributed by atoms with van der Waals surface area (Å²) in [7, 11) is 0. The summed E-state index contributed by atoms with van der Waals surface area (Å²) in [6.07, 6.45) is 1.24. The van der Waals surface area contributed by atoms with Crippen molar-refractivity contribution in [2.75, 3.05) is 18.1 Å². The van der Waals surface area contributed by atoms with E-state index < -0.39 is 5.82 Å². The summed E-state index contributed by atoms with van der Waals surface area (Å²) in [5.74, 6) is -0.816. The Balaban J connectivity index is 1.78. The molecule has 0 aliphatic carbocycles. The van der Waals surface area contributed by atoms with E-state index in [1.165, 1.54) is 23.1 Å². The molecule has 0 saturated carbocycles. The molecule has 6 heteroatoms. The van der Waals surface area contributed by atoms with Crippen LogP contribution in [0.1, 0.15) is 23.2 Å². The number of amides is 2. The second kappa shape index (κ2) is 7.60. The second-order valence-electron chi connectivity index (χ2n) is 6.76. The predicted molar refractivity (Wildman–Crippen MR) is 108 cm³/mol. The molecule has 3 aromatic rings. The van der Waals surface area contributed by atoms with Gasteiger partial charge in [-0.2, -0.15) is 0 Å². The number of benzene rings is 3. The highest BCUT2D eigenvalue weighted by Gasteiger charge is 2.27. The highest BCUT2D eigenvalue weighted by Crippen LogP contribution is 2.27. The molecule has 4 nitrogen and oxygen atoms in total. The zero-order valence-electron chi connectivity index (χ0n) is 15.1. The van der Waals surface area contributed by atoms with Gasteiger partial charge in [0, 0.05) is 24.2 Å². The zero-order valence-corrected chi connectivity index (χ0v) is 15.8. The van der Waals surface area contributed by atoms with Crippen molar-refractivity contribution >= 4 is 39.9 Å². The molecule has 2 amide bonds. The van der Waals surface area contributed by atoms with Crippen LogP contribution in [-0.4, -0.2) is 29.9 Å². The molecule has 142 valence electrons. The third kappa shape index (κ3) is 3.45. The molecule has 0 radical (unpaired) electrons. The number of likely N-dealkylation sites (tertiary alicyclic amines) is 1. The number of nitrogens with zero attached hydrogens (tertiary/aromatic N) is 2. The number of anilines is 1. The zero-order chi connectivity index (χ0) is 19.7. The van der Waals surface area contributed by atoms with Crippen LogP contribution >= 0.6 is 11.6 Å². The van der Waals surface area contributed by atoms with Crippen LogP contribution < -0.4 is 4.90 Å². The molecule has 0 unspecified atom stereocenters. The minimum absolute atomic E-state index is 0.00364. The summed E-state index contributed by atoms with van der Waals surface area (Å²) in [5, 5.41) is 1.70. The lowest BCUT2D eigenvalue weighted by molar-refractivity contribution is -0.127. The fourth-order valence-electron chi connectivity index (χ4n) is 3.50. The van der Waals surface area contributed by atoms with Crippen molar-refractivity contribution in [3.05, 3.63) is 77.1 Å². The van der Waals surface area contributed by atoms with Crippen LogP contribution in [0.3, 0.4) is 0 Å². The van der Waals surface area contributed by atoms with E-state index >= 15 is 0 Å². The third-order valence-corrected chi connectivity index (χ3v) is 5.25. The summed E-state index contributed by atoms with van der Waals surface area (Å²) >= 11 is 5.96. The topological polar surface area (TPSA) is 40.6 Å². The van der Waals surface area contributed by atoms with Crippen molar-refractivity contribution in [1.82, 2.24) is 4.90 Å². The number of halogens is 2. The van der Waals surface area contributed by atoms with Gasteiger partial charge >= 0.3 is 0 Å². The quantitative estimate of drug-likeness (QED) is 0.632. The number of carbonyl (C=O) groups is 2. The van der Waals surface area contributed by atoms with Crippen LogP contribution in [0, 0.1) is 5.82 Å². The third-order valence-electron chi connectivity index (χ3n) is 4.96. The molecule has 0 N–H and O–H groups in total. The molecule has 0 atom stereocenters. The van der Waals surface area contributed by atoms with Crippen LogP contribution in [0.15, 0.2) is 60.7 Å². The van der Waals surface area contributed by atoms with E-state index in [2.05, 4.69) is 0 Å². The maximum Gasteiger partial charge on any atom is 0.260 e. The Labute approximate surface area is 167 Å². The average molecular weight is 397 g/mol. The molecule has 1 saturated heterocycles. The van der Waals surface area contributed by atoms with Gasteiger partial charge in [-0.3, -0.25) is 14.5 Å². The first-order valence-corrected chi connectivity index (χ1v) is 9.45. The summed E-state index contributed by atoms with van der Waals surface area (Å²) in [6, 6.07) is 17.3. The Morgan fingerprint density at radius 3 is 2.64 bits per heavy atom. The smallest absolute Gasteiger partial charge is 0.260 e. The summed E-state index contributed by atoms with van der Waals surface area (Å²) in [6.45, 7) is 0.690. The Bertz CT molecular complexity index is 1060. The molecule has 1 aliphatic rings. The number of carbonyl (C=O) groups excluding carboxylic acids is 2. The molecule has 1 heterocycles. The van der Waals surface area contributed by atoms with Crippen LogP contribution in [0.2, 0.25) is 5.02 Å². The summed E-state index contributed by atoms with van der Waals surface area (Å²) in [4.78, 5) is 28.8. The van der Waals surface area contributed by atoms with Crippen molar-refractivity contribution in [3.63, 3.8) is 0 Å². The van der Waals surface area contributed by atoms with Crippen LogP contribution in [0.4, 0.5) is 10.1 Å². The molecule has 3 aromatic carbocycles. The molecule has 1 aliphatic heterocycles. The van der Waals surface area contributed by atoms with Crippen molar-refractivity contribution in [3.8, 4) is 0 Å². The maximum atomic E-state index is 13.7. The van der Waals surface area contributed by atoms with Crippen molar-refractivity contribution in [2.45, 2.75) is 12.8 Å². The lowest BCUT2D eigenvalue weighted by atomic mass is 10.0. The Morgan fingerprint density at radius 1 is 1.11 bits per heavy atom. The number of hydrogen-bond acceptors (Lipinski definition) is 2. The van der Waals surface area contributed by atoms with Gasteiger partial charge in [-0.1, -0.05) is 48.0 Å². The number of rotatable bonds is 4. The van der Waals surface area contributed by atoms with Gasteiger partial charge in [0.05, 0.1) is 5.02 Å². The van der Waals surface area contributed by atoms with E-state index in [1.54, 1.807) is 11.0 Å². The minimum atomic E-state index is -0.555. The largest absolute Gasteiger partial charge is 0.324 e. The van der Waals surface area contributed by atoms with Gasteiger partial charge < -0.3 is 4.90 Å². The first kappa shape index (κ1) is 18.4. The molecular formula is C22H18ClFN2O2. The molecule has 0 spiro atoms. The summed E-state index contributed by atoms with van der Waals surface area (Å²) in [5.41, 5.74) is 0.967. The highest BCUT2D eigenvalue weighted by atomic mass is 35.5. The monoisotopic (exact) mass is 396 g/mol. The molecule has 0 bridgehead atoms. The van der Waals surface area contributed by atoms with Gasteiger partial charge in [0.15, 0.2) is 0 Å². The fraction of sp³-hybridized carbons (Fsp3) is 0.182. The molecule has 1 fully saturated rings. The van der Waals surface area contributed by atoms with Gasteiger partial charge in [0.2, 0.25) is 5.91 Å². The number of fused-ring (bicyclic) bond motifs is 1. The van der Waals surface area contributed by atoms with Crippen molar-refractivity contribution in [1.29, 1.82) is 0 Å². The molecular weight excluding hydrogens is 379 g/mol. The molecule has 0 aromatic heterocycles. The van der Waals surface area contributed by atoms with E-state index in [-0.39, 0.29) is 23.5 Å². The lowest BCUT2D eigenvalue weighted by Crippen LogP contribution is -2.42. The standard InChI is InChI=1S/C22H18ClFN2O2/c23-19-13-16(10-11-20(19)24)26(14-25-12-4-9-21(25)27)22(28)18-8-3-6-15-5-1-2-7-17(15)18/h1-3,5-8,10-11,13H,4,9,12,14H2. The Kier molecular flexibility index (Phi) is 5.01. The van der Waals surface area contributed by atoms with Gasteiger partial charge in [-0.05, 0) is 41.5 Å². The molecule has 28 heavy (non-hydrogen) atoms. The van der Waals surface area contributed by atoms with Gasteiger partial charge in [0.1, 0.15) is 12.5 Å². The van der Waals surface area contributed by atoms with Crippen LogP contribution in [-0.2, 0) is 4.79 Å². The first-order valence-electron chi connectivity index (χ1n) is 9.07. The minimum Gasteiger partial charge on any atom is -0.324 e. The second-order valence-corrected chi connectivity index (χ2v) is 7.17. The SMILES string of the molecule is O=C1CCCN1CN(C(=O)c1cccc2ccccc12)c1ccc(F)c(Cl)c1. The molecule has 4 rings (SSSR count). The first-order chi connectivity index (χ1) is 13.5. The van der Waals surface area contributed by atoms with E-state index in [0.717, 1.165) is 17.2 Å². The van der Waals surface area contributed by atoms with Crippen LogP contribution in [0.25, 0.3) is 10.8 Å². The average Bonchev–Trinajstić information content (AvgIpc) is 3.12. The predicted octanol–water partition coefficient (Wildman–Crippen LogP) is 4.86. The normalized spacial score (nSPS) is 13.9. The van der Waals surface area contributed by atoms with E-state index in [1.807, 2.05) is 36.4 Å². The fourth-order valence-corrected chi connectivity index (χ4v) is 3.67. The van der Waals surface area contributed by atoms with Crippen LogP contribution in [0.5, 0.6) is 0 Å². The van der Waals surface area contributed by atoms with E-state index in [4.69, 9.17) is 11.6 Å². The van der Waals surface area contributed by atoms with E-state index in [9.17, 15) is 14.0 Å². The van der Waals surface area contributed by atoms with Gasteiger partial charge in [-0.25, -0.2) is 4.39 Å². The lowest BCUT2D eigenvalue weighted by Gasteiger charge is -2.28. The maximum absolute atomic E-state index is 13.7. The number of hydrogen-bond donors (Lipinski definition) is 0. The van der Waals surface area contributed by atoms with E-state index in [0.29, 0.717) is 24.2 Å². The summed E-state index contributed by atoms with van der Waals surface area (Å²) < 4.78 is 13.7. The Hall–Kier alpha value is -2.92. The van der Waals surface area contributed by atoms with Gasteiger partial charge in [0.25, 0.3) is 5.91 Å². The highest BCUT2D eigenvalue weighted by molar-refractivity contribution is 6.31. The van der Waals surface area contributed by atoms with Gasteiger partial charge in [-0.15, -0.1) is 0 Å². The van der Waals surface area contributed by atoms with Crippen molar-refractivity contribution in [2.24, 2.45) is 0 Å².